The van der Waals surface area contributed by atoms with Crippen molar-refractivity contribution in [1.82, 2.24) is 20.3 Å². The third-order valence-electron chi connectivity index (χ3n) is 4.20. The van der Waals surface area contributed by atoms with Crippen LogP contribution in [0.5, 0.6) is 5.75 Å². The van der Waals surface area contributed by atoms with Gasteiger partial charge in [0.15, 0.2) is 5.65 Å². The number of pyridine rings is 1. The van der Waals surface area contributed by atoms with E-state index >= 15 is 0 Å². The molecule has 4 aromatic rings. The number of halogens is 2. The number of nitrogens with one attached hydrogen (secondary N) is 2. The van der Waals surface area contributed by atoms with Crippen molar-refractivity contribution in [3.8, 4) is 17.1 Å². The predicted molar refractivity (Wildman–Crippen MR) is 116 cm³/mol. The zero-order valence-corrected chi connectivity index (χ0v) is 17.3. The number of aromatic amines is 1. The Bertz CT molecular complexity index is 1080. The first-order valence-corrected chi connectivity index (χ1v) is 10.0. The summed E-state index contributed by atoms with van der Waals surface area (Å²) in [5, 5.41) is 4.10. The summed E-state index contributed by atoms with van der Waals surface area (Å²) in [7, 11) is 0. The largest absolute Gasteiger partial charge is 0.492 e. The Hall–Kier alpha value is -2.41. The van der Waals surface area contributed by atoms with Crippen LogP contribution in [0.4, 0.5) is 0 Å². The second-order valence-corrected chi connectivity index (χ2v) is 7.64. The van der Waals surface area contributed by atoms with E-state index in [4.69, 9.17) is 16.3 Å². The van der Waals surface area contributed by atoms with E-state index in [1.807, 2.05) is 54.6 Å². The van der Waals surface area contributed by atoms with Crippen molar-refractivity contribution in [2.45, 2.75) is 6.54 Å². The van der Waals surface area contributed by atoms with E-state index in [-0.39, 0.29) is 0 Å². The summed E-state index contributed by atoms with van der Waals surface area (Å²) in [6.45, 7) is 2.10. The van der Waals surface area contributed by atoms with Crippen LogP contribution >= 0.6 is 27.5 Å². The van der Waals surface area contributed by atoms with Gasteiger partial charge < -0.3 is 15.0 Å². The van der Waals surface area contributed by atoms with E-state index in [2.05, 4.69) is 36.2 Å². The van der Waals surface area contributed by atoms with Gasteiger partial charge in [0.1, 0.15) is 18.2 Å². The fourth-order valence-corrected chi connectivity index (χ4v) is 3.39. The fourth-order valence-electron chi connectivity index (χ4n) is 2.84. The highest BCUT2D eigenvalue weighted by Gasteiger charge is 2.07. The van der Waals surface area contributed by atoms with Crippen LogP contribution in [0.2, 0.25) is 5.02 Å². The first-order valence-electron chi connectivity index (χ1n) is 8.87. The minimum Gasteiger partial charge on any atom is -0.492 e. The third-order valence-corrected chi connectivity index (χ3v) is 4.87. The molecule has 0 saturated carbocycles. The molecular weight excluding hydrogens is 440 g/mol. The van der Waals surface area contributed by atoms with Crippen molar-refractivity contribution in [1.29, 1.82) is 0 Å². The summed E-state index contributed by atoms with van der Waals surface area (Å²) in [5.41, 5.74) is 3.74. The van der Waals surface area contributed by atoms with Crippen LogP contribution in [0, 0.1) is 0 Å². The lowest BCUT2D eigenvalue weighted by atomic mass is 10.2. The molecule has 0 atom stereocenters. The molecule has 0 aliphatic carbocycles. The molecule has 0 radical (unpaired) electrons. The van der Waals surface area contributed by atoms with Gasteiger partial charge in [-0.15, -0.1) is 0 Å². The van der Waals surface area contributed by atoms with E-state index in [1.165, 1.54) is 0 Å². The molecule has 4 rings (SSSR count). The Morgan fingerprint density at radius 2 is 1.96 bits per heavy atom. The maximum atomic E-state index is 5.99. The first kappa shape index (κ1) is 18.9. The number of hydrogen-bond acceptors (Lipinski definition) is 4. The molecule has 0 aliphatic heterocycles. The van der Waals surface area contributed by atoms with Gasteiger partial charge in [0.05, 0.1) is 5.52 Å². The van der Waals surface area contributed by atoms with Crippen LogP contribution in [0.25, 0.3) is 22.6 Å². The van der Waals surface area contributed by atoms with E-state index in [0.29, 0.717) is 12.3 Å². The maximum absolute atomic E-state index is 5.99. The Kier molecular flexibility index (Phi) is 5.90. The van der Waals surface area contributed by atoms with Crippen molar-refractivity contribution < 1.29 is 4.74 Å². The second-order valence-electron chi connectivity index (χ2n) is 6.29. The van der Waals surface area contributed by atoms with Gasteiger partial charge in [0.2, 0.25) is 0 Å². The minimum atomic E-state index is 0.586. The Balaban J connectivity index is 1.29. The highest BCUT2D eigenvalue weighted by atomic mass is 79.9. The van der Waals surface area contributed by atoms with Crippen LogP contribution in [-0.4, -0.2) is 28.1 Å². The van der Waals surface area contributed by atoms with Gasteiger partial charge in [-0.1, -0.05) is 23.7 Å². The van der Waals surface area contributed by atoms with Crippen LogP contribution in [0.15, 0.2) is 65.3 Å². The smallest absolute Gasteiger partial charge is 0.178 e. The number of rotatable bonds is 7. The quantitative estimate of drug-likeness (QED) is 0.374. The molecule has 0 aliphatic rings. The molecule has 142 valence electrons. The van der Waals surface area contributed by atoms with Crippen molar-refractivity contribution in [2.24, 2.45) is 0 Å². The fraction of sp³-hybridized carbons (Fsp3) is 0.143. The number of fused-ring (bicyclic) bond motifs is 1. The summed E-state index contributed by atoms with van der Waals surface area (Å²) in [6.07, 6.45) is 1.74. The summed E-state index contributed by atoms with van der Waals surface area (Å²) in [4.78, 5) is 12.1. The van der Waals surface area contributed by atoms with E-state index < -0.39 is 0 Å². The molecule has 0 bridgehead atoms. The summed E-state index contributed by atoms with van der Waals surface area (Å²) in [6, 6.07) is 17.7. The summed E-state index contributed by atoms with van der Waals surface area (Å²) >= 11 is 9.41. The lowest BCUT2D eigenvalue weighted by molar-refractivity contribution is 0.313. The number of nitrogens with zero attached hydrogens (tertiary/aromatic N) is 2. The number of imidazole rings is 1. The molecule has 0 spiro atoms. The maximum Gasteiger partial charge on any atom is 0.178 e. The highest BCUT2D eigenvalue weighted by Crippen LogP contribution is 2.23. The van der Waals surface area contributed by atoms with Gasteiger partial charge in [-0.05, 0) is 64.0 Å². The van der Waals surface area contributed by atoms with E-state index in [1.54, 1.807) is 6.20 Å². The number of hydrogen-bond donors (Lipinski definition) is 2. The number of ether oxygens (including phenoxy) is 1. The summed E-state index contributed by atoms with van der Waals surface area (Å²) in [5.74, 6) is 1.61. The molecule has 0 unspecified atom stereocenters. The zero-order chi connectivity index (χ0) is 19.3. The first-order chi connectivity index (χ1) is 13.7. The van der Waals surface area contributed by atoms with E-state index in [9.17, 15) is 0 Å². The van der Waals surface area contributed by atoms with Crippen molar-refractivity contribution in [3.63, 3.8) is 0 Å². The average molecular weight is 458 g/mol. The summed E-state index contributed by atoms with van der Waals surface area (Å²) < 4.78 is 6.71. The molecule has 0 amide bonds. The molecule has 2 aromatic carbocycles. The van der Waals surface area contributed by atoms with Crippen LogP contribution < -0.4 is 10.1 Å². The van der Waals surface area contributed by atoms with Gasteiger partial charge >= 0.3 is 0 Å². The molecule has 2 aromatic heterocycles. The van der Waals surface area contributed by atoms with Crippen LogP contribution in [0.1, 0.15) is 5.56 Å². The Labute approximate surface area is 176 Å². The molecule has 0 fully saturated rings. The zero-order valence-electron chi connectivity index (χ0n) is 15.0. The molecule has 2 N–H and O–H groups in total. The monoisotopic (exact) mass is 456 g/mol. The Morgan fingerprint density at radius 1 is 1.11 bits per heavy atom. The average Bonchev–Trinajstić information content (AvgIpc) is 3.11. The molecule has 28 heavy (non-hydrogen) atoms. The van der Waals surface area contributed by atoms with Crippen molar-refractivity contribution in [3.05, 3.63) is 75.9 Å². The van der Waals surface area contributed by atoms with Gasteiger partial charge in [-0.3, -0.25) is 0 Å². The third kappa shape index (κ3) is 4.70. The second kappa shape index (κ2) is 8.73. The normalized spacial score (nSPS) is 11.1. The number of benzene rings is 2. The minimum absolute atomic E-state index is 0.586. The van der Waals surface area contributed by atoms with Gasteiger partial charge in [-0.25, -0.2) is 9.97 Å². The van der Waals surface area contributed by atoms with Crippen LogP contribution in [-0.2, 0) is 6.54 Å². The predicted octanol–water partition coefficient (Wildman–Crippen LogP) is 5.21. The topological polar surface area (TPSA) is 62.8 Å². The molecule has 2 heterocycles. The standard InChI is InChI=1S/C21H18BrClN4O/c22-16-11-19-21(25-13-16)27-20(26-19)15-4-6-18(7-5-15)28-9-8-24-12-14-2-1-3-17(23)10-14/h1-7,10-11,13,24H,8-9,12H2,(H,25,26,27). The van der Waals surface area contributed by atoms with Gasteiger partial charge in [-0.2, -0.15) is 0 Å². The van der Waals surface area contributed by atoms with E-state index in [0.717, 1.165) is 50.8 Å². The van der Waals surface area contributed by atoms with Gasteiger partial charge in [0.25, 0.3) is 0 Å². The van der Waals surface area contributed by atoms with Crippen molar-refractivity contribution in [2.75, 3.05) is 13.2 Å². The van der Waals surface area contributed by atoms with Crippen molar-refractivity contribution >= 4 is 38.7 Å². The Morgan fingerprint density at radius 3 is 2.79 bits per heavy atom. The van der Waals surface area contributed by atoms with Crippen LogP contribution in [0.3, 0.4) is 0 Å². The molecule has 0 saturated heterocycles. The number of aromatic nitrogens is 3. The SMILES string of the molecule is Clc1cccc(CNCCOc2ccc(-c3nc4ncc(Br)cc4[nH]3)cc2)c1. The lowest BCUT2D eigenvalue weighted by Gasteiger charge is -2.08. The molecular formula is C21H18BrClN4O. The molecule has 7 heteroatoms. The highest BCUT2D eigenvalue weighted by molar-refractivity contribution is 9.10. The lowest BCUT2D eigenvalue weighted by Crippen LogP contribution is -2.20. The molecule has 5 nitrogen and oxygen atoms in total. The number of H-pyrrole nitrogens is 1. The van der Waals surface area contributed by atoms with Gasteiger partial charge in [0, 0.05) is 34.3 Å².